The number of nitrogens with two attached hydrogens (primary N) is 1. The Balaban J connectivity index is 0.000000264. The lowest BCUT2D eigenvalue weighted by Gasteiger charge is -2.49. The van der Waals surface area contributed by atoms with E-state index < -0.39 is 0 Å². The Morgan fingerprint density at radius 1 is 0.583 bits per heavy atom. The normalized spacial score (nSPS) is 48.5. The van der Waals surface area contributed by atoms with Crippen LogP contribution in [0.5, 0.6) is 0 Å². The van der Waals surface area contributed by atoms with Gasteiger partial charge in [-0.25, -0.2) is 0 Å². The van der Waals surface area contributed by atoms with E-state index in [1.165, 1.54) is 30.7 Å². The predicted molar refractivity (Wildman–Crippen MR) is 51.8 cm³/mol. The summed E-state index contributed by atoms with van der Waals surface area (Å²) in [5.41, 5.74) is 4.50. The molecule has 4 aliphatic rings. The van der Waals surface area contributed by atoms with Gasteiger partial charge in [0.2, 0.25) is 0 Å². The van der Waals surface area contributed by atoms with Crippen LogP contribution in [0.25, 0.3) is 0 Å². The van der Waals surface area contributed by atoms with Crippen LogP contribution in [-0.2, 0) is 0 Å². The third-order valence-electron chi connectivity index (χ3n) is 4.00. The molecule has 0 amide bonds. The first-order valence-corrected chi connectivity index (χ1v) is 5.48. The van der Waals surface area contributed by atoms with Gasteiger partial charge >= 0.3 is 0 Å². The van der Waals surface area contributed by atoms with Gasteiger partial charge in [-0.15, -0.1) is 0 Å². The molecule has 1 nitrogen and oxygen atoms in total. The average molecular weight is 167 g/mol. The van der Waals surface area contributed by atoms with Crippen LogP contribution in [0.4, 0.5) is 0 Å². The summed E-state index contributed by atoms with van der Waals surface area (Å²) in [5, 5.41) is 0. The fourth-order valence-electron chi connectivity index (χ4n) is 3.98. The third-order valence-corrected chi connectivity index (χ3v) is 4.00. The standard InChI is InChI=1S/C10H16.CH5N/c1-7-2-9-4-8(1)5-10(3-7)6-9;1-2/h7-10H,1-6H2;2H2,1H3. The Morgan fingerprint density at radius 3 is 0.917 bits per heavy atom. The van der Waals surface area contributed by atoms with Crippen molar-refractivity contribution in [1.29, 1.82) is 0 Å². The van der Waals surface area contributed by atoms with E-state index in [2.05, 4.69) is 5.73 Å². The molecule has 0 aliphatic heterocycles. The Morgan fingerprint density at radius 2 is 0.750 bits per heavy atom. The monoisotopic (exact) mass is 167 g/mol. The Hall–Kier alpha value is -0.0400. The molecule has 4 saturated carbocycles. The van der Waals surface area contributed by atoms with Crippen LogP contribution in [0, 0.1) is 23.7 Å². The van der Waals surface area contributed by atoms with E-state index in [4.69, 9.17) is 0 Å². The minimum Gasteiger partial charge on any atom is -0.333 e. The Kier molecular flexibility index (Phi) is 2.40. The quantitative estimate of drug-likeness (QED) is 0.589. The van der Waals surface area contributed by atoms with Crippen molar-refractivity contribution < 1.29 is 0 Å². The lowest BCUT2D eigenvalue weighted by Crippen LogP contribution is -2.38. The van der Waals surface area contributed by atoms with E-state index in [0.29, 0.717) is 0 Å². The molecule has 2 N–H and O–H groups in total. The van der Waals surface area contributed by atoms with Crippen molar-refractivity contribution in [2.24, 2.45) is 29.4 Å². The first-order valence-electron chi connectivity index (χ1n) is 5.48. The summed E-state index contributed by atoms with van der Waals surface area (Å²) >= 11 is 0. The summed E-state index contributed by atoms with van der Waals surface area (Å²) in [5.74, 6) is 4.71. The van der Waals surface area contributed by atoms with Gasteiger partial charge in [0.25, 0.3) is 0 Å². The van der Waals surface area contributed by atoms with Crippen LogP contribution in [0.15, 0.2) is 0 Å². The van der Waals surface area contributed by atoms with Crippen LogP contribution in [0.3, 0.4) is 0 Å². The van der Waals surface area contributed by atoms with Gasteiger partial charge in [0.15, 0.2) is 0 Å². The predicted octanol–water partition coefficient (Wildman–Crippen LogP) is 2.41. The molecule has 0 aromatic heterocycles. The number of hydrogen-bond acceptors (Lipinski definition) is 1. The molecule has 70 valence electrons. The van der Waals surface area contributed by atoms with Crippen molar-refractivity contribution in [2.45, 2.75) is 38.5 Å². The summed E-state index contributed by atoms with van der Waals surface area (Å²) in [6.07, 6.45) is 9.62. The van der Waals surface area contributed by atoms with Crippen LogP contribution in [0.1, 0.15) is 38.5 Å². The van der Waals surface area contributed by atoms with Crippen molar-refractivity contribution in [2.75, 3.05) is 7.05 Å². The van der Waals surface area contributed by atoms with Crippen molar-refractivity contribution in [3.63, 3.8) is 0 Å². The molecule has 0 aromatic rings. The topological polar surface area (TPSA) is 26.0 Å². The number of rotatable bonds is 0. The van der Waals surface area contributed by atoms with Gasteiger partial charge in [0, 0.05) is 0 Å². The average Bonchev–Trinajstić information content (AvgIpc) is 2.05. The smallest absolute Gasteiger partial charge is 0.0195 e. The molecule has 0 heterocycles. The van der Waals surface area contributed by atoms with Crippen molar-refractivity contribution in [1.82, 2.24) is 0 Å². The summed E-state index contributed by atoms with van der Waals surface area (Å²) in [4.78, 5) is 0. The van der Waals surface area contributed by atoms with Gasteiger partial charge in [-0.2, -0.15) is 0 Å². The maximum atomic E-state index is 4.50. The van der Waals surface area contributed by atoms with Crippen LogP contribution in [0.2, 0.25) is 0 Å². The third kappa shape index (κ3) is 1.39. The molecular weight excluding hydrogens is 146 g/mol. The van der Waals surface area contributed by atoms with E-state index in [1.807, 2.05) is 0 Å². The molecule has 4 fully saturated rings. The second-order valence-electron chi connectivity index (χ2n) is 4.88. The highest BCUT2D eigenvalue weighted by Crippen LogP contribution is 2.53. The highest BCUT2D eigenvalue weighted by Gasteiger charge is 2.41. The number of hydrogen-bond donors (Lipinski definition) is 1. The SMILES string of the molecule is C1C2CC3CC1CC(C2)C3.CN. The van der Waals surface area contributed by atoms with Crippen molar-refractivity contribution in [3.8, 4) is 0 Å². The zero-order valence-corrected chi connectivity index (χ0v) is 8.13. The molecular formula is C11H21N. The molecule has 0 aromatic carbocycles. The molecule has 0 unspecified atom stereocenters. The van der Waals surface area contributed by atoms with Crippen LogP contribution >= 0.6 is 0 Å². The van der Waals surface area contributed by atoms with E-state index in [-0.39, 0.29) is 0 Å². The van der Waals surface area contributed by atoms with E-state index >= 15 is 0 Å². The Bertz CT molecular complexity index is 96.6. The lowest BCUT2D eigenvalue weighted by molar-refractivity contribution is 0.0198. The van der Waals surface area contributed by atoms with Gasteiger partial charge in [-0.1, -0.05) is 0 Å². The first-order chi connectivity index (χ1) is 5.90. The zero-order valence-electron chi connectivity index (χ0n) is 8.13. The second-order valence-corrected chi connectivity index (χ2v) is 4.88. The fourth-order valence-corrected chi connectivity index (χ4v) is 3.98. The van der Waals surface area contributed by atoms with Gasteiger partial charge in [-0.05, 0) is 69.2 Å². The van der Waals surface area contributed by atoms with Crippen molar-refractivity contribution in [3.05, 3.63) is 0 Å². The maximum Gasteiger partial charge on any atom is -0.0195 e. The molecule has 0 atom stereocenters. The summed E-state index contributed by atoms with van der Waals surface area (Å²) < 4.78 is 0. The Labute approximate surface area is 75.7 Å². The largest absolute Gasteiger partial charge is 0.333 e. The van der Waals surface area contributed by atoms with E-state index in [9.17, 15) is 0 Å². The molecule has 4 rings (SSSR count). The fraction of sp³-hybridized carbons (Fsp3) is 1.00. The molecule has 0 saturated heterocycles. The lowest BCUT2D eigenvalue weighted by atomic mass is 9.56. The molecule has 12 heavy (non-hydrogen) atoms. The van der Waals surface area contributed by atoms with E-state index in [0.717, 1.165) is 0 Å². The second kappa shape index (κ2) is 3.37. The maximum absolute atomic E-state index is 4.50. The summed E-state index contributed by atoms with van der Waals surface area (Å²) in [7, 11) is 1.50. The van der Waals surface area contributed by atoms with Crippen LogP contribution in [-0.4, -0.2) is 7.05 Å². The molecule has 4 aliphatic carbocycles. The van der Waals surface area contributed by atoms with Crippen molar-refractivity contribution >= 4 is 0 Å². The molecule has 1 heteroatoms. The molecule has 0 radical (unpaired) electrons. The minimum absolute atomic E-state index is 1.18. The van der Waals surface area contributed by atoms with Gasteiger partial charge in [0.05, 0.1) is 0 Å². The van der Waals surface area contributed by atoms with Gasteiger partial charge < -0.3 is 5.73 Å². The van der Waals surface area contributed by atoms with Gasteiger partial charge in [-0.3, -0.25) is 0 Å². The summed E-state index contributed by atoms with van der Waals surface area (Å²) in [6, 6.07) is 0. The first kappa shape index (κ1) is 8.55. The minimum atomic E-state index is 1.18. The van der Waals surface area contributed by atoms with E-state index in [1.54, 1.807) is 38.5 Å². The van der Waals surface area contributed by atoms with Gasteiger partial charge in [0.1, 0.15) is 0 Å². The molecule has 4 bridgehead atoms. The van der Waals surface area contributed by atoms with Crippen LogP contribution < -0.4 is 5.73 Å². The highest BCUT2D eigenvalue weighted by molar-refractivity contribution is 4.92. The zero-order chi connectivity index (χ0) is 8.55. The highest BCUT2D eigenvalue weighted by atomic mass is 14.5. The molecule has 0 spiro atoms. The summed E-state index contributed by atoms with van der Waals surface area (Å²) in [6.45, 7) is 0.